The molecule has 2 rings (SSSR count). The van der Waals surface area contributed by atoms with Crippen LogP contribution < -0.4 is 4.90 Å². The van der Waals surface area contributed by atoms with Crippen molar-refractivity contribution in [2.45, 2.75) is 32.6 Å². The molecule has 0 aliphatic carbocycles. The summed E-state index contributed by atoms with van der Waals surface area (Å²) in [5.41, 5.74) is 2.71. The van der Waals surface area contributed by atoms with Crippen molar-refractivity contribution >= 4 is 5.69 Å². The molecule has 3 nitrogen and oxygen atoms in total. The molecule has 0 aromatic heterocycles. The normalized spacial score (nSPS) is 16.6. The predicted molar refractivity (Wildman–Crippen MR) is 85.4 cm³/mol. The molecular weight excluding hydrogens is 248 g/mol. The molecular formula is C17H28N2O. The molecule has 0 amide bonds. The van der Waals surface area contributed by atoms with Gasteiger partial charge < -0.3 is 10.0 Å². The van der Waals surface area contributed by atoms with Crippen LogP contribution in [0.3, 0.4) is 0 Å². The molecule has 1 aliphatic rings. The van der Waals surface area contributed by atoms with Gasteiger partial charge >= 0.3 is 0 Å². The van der Waals surface area contributed by atoms with Crippen LogP contribution in [0.15, 0.2) is 24.3 Å². The first-order valence-electron chi connectivity index (χ1n) is 7.94. The Labute approximate surface area is 123 Å². The van der Waals surface area contributed by atoms with Gasteiger partial charge in [0.2, 0.25) is 0 Å². The van der Waals surface area contributed by atoms with E-state index in [0.717, 1.165) is 19.5 Å². The molecule has 0 atom stereocenters. The first-order chi connectivity index (χ1) is 9.79. The van der Waals surface area contributed by atoms with Gasteiger partial charge in [0.05, 0.1) is 0 Å². The number of benzene rings is 1. The van der Waals surface area contributed by atoms with Crippen molar-refractivity contribution in [2.24, 2.45) is 0 Å². The van der Waals surface area contributed by atoms with E-state index < -0.39 is 0 Å². The molecule has 0 unspecified atom stereocenters. The minimum absolute atomic E-state index is 0.342. The van der Waals surface area contributed by atoms with E-state index in [-0.39, 0.29) is 0 Å². The van der Waals surface area contributed by atoms with Crippen LogP contribution in [0.5, 0.6) is 0 Å². The van der Waals surface area contributed by atoms with E-state index in [1.165, 1.54) is 50.1 Å². The maximum atomic E-state index is 8.76. The zero-order valence-corrected chi connectivity index (χ0v) is 12.7. The molecule has 20 heavy (non-hydrogen) atoms. The van der Waals surface area contributed by atoms with Gasteiger partial charge in [0.1, 0.15) is 0 Å². The van der Waals surface area contributed by atoms with E-state index in [2.05, 4.69) is 41.0 Å². The summed E-state index contributed by atoms with van der Waals surface area (Å²) in [6.45, 7) is 8.34. The number of unbranched alkanes of at least 4 members (excludes halogenated alkanes) is 3. The number of aliphatic hydroxyl groups excluding tert-OH is 1. The van der Waals surface area contributed by atoms with Gasteiger partial charge in [0.15, 0.2) is 0 Å². The smallest absolute Gasteiger partial charge is 0.0431 e. The fourth-order valence-corrected chi connectivity index (χ4v) is 2.86. The van der Waals surface area contributed by atoms with Crippen LogP contribution in [0, 0.1) is 6.92 Å². The van der Waals surface area contributed by atoms with E-state index in [4.69, 9.17) is 5.11 Å². The molecule has 1 aliphatic heterocycles. The summed E-state index contributed by atoms with van der Waals surface area (Å²) in [6.07, 6.45) is 4.64. The molecule has 0 spiro atoms. The number of hydrogen-bond acceptors (Lipinski definition) is 3. The first kappa shape index (κ1) is 15.3. The molecule has 0 bridgehead atoms. The van der Waals surface area contributed by atoms with Crippen molar-refractivity contribution in [3.63, 3.8) is 0 Å². The van der Waals surface area contributed by atoms with Crippen LogP contribution in [0.25, 0.3) is 0 Å². The van der Waals surface area contributed by atoms with Crippen molar-refractivity contribution in [2.75, 3.05) is 44.2 Å². The van der Waals surface area contributed by atoms with Gasteiger partial charge in [-0.2, -0.15) is 0 Å². The fraction of sp³-hybridized carbons (Fsp3) is 0.647. The minimum Gasteiger partial charge on any atom is -0.396 e. The Balaban J connectivity index is 1.67. The molecule has 0 radical (unpaired) electrons. The molecule has 112 valence electrons. The third-order valence-corrected chi connectivity index (χ3v) is 4.12. The summed E-state index contributed by atoms with van der Waals surface area (Å²) in [4.78, 5) is 5.07. The topological polar surface area (TPSA) is 26.7 Å². The van der Waals surface area contributed by atoms with E-state index in [1.54, 1.807) is 0 Å². The van der Waals surface area contributed by atoms with Gasteiger partial charge in [-0.1, -0.05) is 25.0 Å². The van der Waals surface area contributed by atoms with Crippen molar-refractivity contribution in [3.8, 4) is 0 Å². The molecule has 1 aromatic rings. The Morgan fingerprint density at radius 3 is 2.45 bits per heavy atom. The third-order valence-electron chi connectivity index (χ3n) is 4.12. The van der Waals surface area contributed by atoms with E-state index in [0.29, 0.717) is 6.61 Å². The highest BCUT2D eigenvalue weighted by Crippen LogP contribution is 2.18. The van der Waals surface area contributed by atoms with Gasteiger partial charge in [0.25, 0.3) is 0 Å². The van der Waals surface area contributed by atoms with E-state index in [1.807, 2.05) is 0 Å². The lowest BCUT2D eigenvalue weighted by molar-refractivity contribution is 0.247. The molecule has 1 saturated heterocycles. The van der Waals surface area contributed by atoms with Crippen molar-refractivity contribution in [1.29, 1.82) is 0 Å². The number of anilines is 1. The van der Waals surface area contributed by atoms with Crippen LogP contribution in [-0.4, -0.2) is 49.3 Å². The molecule has 1 aromatic carbocycles. The molecule has 1 N–H and O–H groups in total. The molecule has 0 saturated carbocycles. The van der Waals surface area contributed by atoms with Crippen LogP contribution in [0.4, 0.5) is 5.69 Å². The Kier molecular flexibility index (Phi) is 6.34. The highest BCUT2D eigenvalue weighted by molar-refractivity contribution is 5.48. The van der Waals surface area contributed by atoms with Gasteiger partial charge in [-0.25, -0.2) is 0 Å². The van der Waals surface area contributed by atoms with Crippen LogP contribution >= 0.6 is 0 Å². The fourth-order valence-electron chi connectivity index (χ4n) is 2.86. The number of aliphatic hydroxyl groups is 1. The van der Waals surface area contributed by atoms with Gasteiger partial charge in [-0.05, 0) is 44.0 Å². The standard InChI is InChI=1S/C17H28N2O/c1-16-7-6-8-17(15-16)19-12-10-18(11-13-19)9-4-2-3-5-14-20/h6-8,15,20H,2-5,9-14H2,1H3. The zero-order valence-electron chi connectivity index (χ0n) is 12.7. The highest BCUT2D eigenvalue weighted by Gasteiger charge is 2.16. The van der Waals surface area contributed by atoms with Gasteiger partial charge in [-0.3, -0.25) is 4.90 Å². The van der Waals surface area contributed by atoms with Gasteiger partial charge in [-0.15, -0.1) is 0 Å². The Hall–Kier alpha value is -1.06. The van der Waals surface area contributed by atoms with Crippen molar-refractivity contribution in [1.82, 2.24) is 4.90 Å². The second kappa shape index (κ2) is 8.28. The highest BCUT2D eigenvalue weighted by atomic mass is 16.2. The molecule has 3 heteroatoms. The maximum absolute atomic E-state index is 8.76. The number of aryl methyl sites for hydroxylation is 1. The Morgan fingerprint density at radius 2 is 1.75 bits per heavy atom. The Morgan fingerprint density at radius 1 is 1.00 bits per heavy atom. The van der Waals surface area contributed by atoms with Crippen molar-refractivity contribution in [3.05, 3.63) is 29.8 Å². The number of nitrogens with zero attached hydrogens (tertiary/aromatic N) is 2. The lowest BCUT2D eigenvalue weighted by Gasteiger charge is -2.36. The number of hydrogen-bond donors (Lipinski definition) is 1. The summed E-state index contributed by atoms with van der Waals surface area (Å²) in [5, 5.41) is 8.76. The largest absolute Gasteiger partial charge is 0.396 e. The van der Waals surface area contributed by atoms with Gasteiger partial charge in [0, 0.05) is 38.5 Å². The monoisotopic (exact) mass is 276 g/mol. The predicted octanol–water partition coefficient (Wildman–Crippen LogP) is 2.67. The average molecular weight is 276 g/mol. The van der Waals surface area contributed by atoms with E-state index >= 15 is 0 Å². The van der Waals surface area contributed by atoms with E-state index in [9.17, 15) is 0 Å². The number of piperazine rings is 1. The molecule has 1 fully saturated rings. The number of rotatable bonds is 7. The third kappa shape index (κ3) is 4.80. The maximum Gasteiger partial charge on any atom is 0.0431 e. The summed E-state index contributed by atoms with van der Waals surface area (Å²) in [6, 6.07) is 8.81. The SMILES string of the molecule is Cc1cccc(N2CCN(CCCCCCO)CC2)c1. The van der Waals surface area contributed by atoms with Crippen LogP contribution in [0.1, 0.15) is 31.2 Å². The summed E-state index contributed by atoms with van der Waals surface area (Å²) in [7, 11) is 0. The minimum atomic E-state index is 0.342. The first-order valence-corrected chi connectivity index (χ1v) is 7.94. The lowest BCUT2D eigenvalue weighted by atomic mass is 10.1. The second-order valence-corrected chi connectivity index (χ2v) is 5.81. The summed E-state index contributed by atoms with van der Waals surface area (Å²) in [5.74, 6) is 0. The molecule has 1 heterocycles. The average Bonchev–Trinajstić information content (AvgIpc) is 2.48. The summed E-state index contributed by atoms with van der Waals surface area (Å²) >= 11 is 0. The Bertz CT molecular complexity index is 386. The quantitative estimate of drug-likeness (QED) is 0.776. The van der Waals surface area contributed by atoms with Crippen LogP contribution in [0.2, 0.25) is 0 Å². The lowest BCUT2D eigenvalue weighted by Crippen LogP contribution is -2.46. The van der Waals surface area contributed by atoms with Crippen molar-refractivity contribution < 1.29 is 5.11 Å². The second-order valence-electron chi connectivity index (χ2n) is 5.81. The summed E-state index contributed by atoms with van der Waals surface area (Å²) < 4.78 is 0. The zero-order chi connectivity index (χ0) is 14.2. The van der Waals surface area contributed by atoms with Crippen LogP contribution in [-0.2, 0) is 0 Å².